The Balaban J connectivity index is 1.96. The van der Waals surface area contributed by atoms with Crippen LogP contribution in [0.2, 0.25) is 0 Å². The number of carbonyl (C=O) groups is 2. The highest BCUT2D eigenvalue weighted by Gasteiger charge is 2.15. The summed E-state index contributed by atoms with van der Waals surface area (Å²) in [6, 6.07) is 10.1. The van der Waals surface area contributed by atoms with Gasteiger partial charge in [0.2, 0.25) is 0 Å². The number of aromatic amines is 1. The first-order chi connectivity index (χ1) is 11.4. The molecular formula is C18H20N2O4. The van der Waals surface area contributed by atoms with Crippen molar-refractivity contribution >= 4 is 11.7 Å². The predicted octanol–water partition coefficient (Wildman–Crippen LogP) is 1.97. The van der Waals surface area contributed by atoms with E-state index in [1.54, 1.807) is 50.2 Å². The highest BCUT2D eigenvalue weighted by molar-refractivity contribution is 5.94. The average molecular weight is 328 g/mol. The van der Waals surface area contributed by atoms with E-state index in [9.17, 15) is 14.4 Å². The summed E-state index contributed by atoms with van der Waals surface area (Å²) in [4.78, 5) is 37.9. The number of pyridine rings is 1. The molecule has 0 aliphatic heterocycles. The third-order valence-corrected chi connectivity index (χ3v) is 3.51. The molecule has 0 fully saturated rings. The molecule has 2 rings (SSSR count). The molecule has 126 valence electrons. The number of amides is 1. The molecule has 1 aromatic heterocycles. The van der Waals surface area contributed by atoms with Crippen molar-refractivity contribution in [3.8, 4) is 5.75 Å². The number of H-pyrrole nitrogens is 1. The van der Waals surface area contributed by atoms with Crippen LogP contribution in [0.1, 0.15) is 35.5 Å². The molecule has 0 spiro atoms. The fraction of sp³-hybridized carbons (Fsp3) is 0.278. The first-order valence-electron chi connectivity index (χ1n) is 7.61. The van der Waals surface area contributed by atoms with Crippen LogP contribution in [-0.2, 0) is 11.3 Å². The van der Waals surface area contributed by atoms with Crippen LogP contribution in [0.4, 0.5) is 0 Å². The quantitative estimate of drug-likeness (QED) is 0.794. The maximum atomic E-state index is 12.1. The first-order valence-corrected chi connectivity index (χ1v) is 7.61. The van der Waals surface area contributed by atoms with Gasteiger partial charge in [0.1, 0.15) is 5.75 Å². The molecule has 0 saturated carbocycles. The number of benzene rings is 1. The largest absolute Gasteiger partial charge is 0.481 e. The van der Waals surface area contributed by atoms with Crippen LogP contribution in [0.3, 0.4) is 0 Å². The molecule has 0 aliphatic rings. The van der Waals surface area contributed by atoms with Crippen LogP contribution in [0, 0.1) is 6.92 Å². The van der Waals surface area contributed by atoms with Gasteiger partial charge in [0, 0.05) is 23.4 Å². The topological polar surface area (TPSA) is 88.3 Å². The monoisotopic (exact) mass is 328 g/mol. The second kappa shape index (κ2) is 7.59. The van der Waals surface area contributed by atoms with Gasteiger partial charge in [0.05, 0.1) is 0 Å². The lowest BCUT2D eigenvalue weighted by Gasteiger charge is -2.15. The molecular weight excluding hydrogens is 308 g/mol. The van der Waals surface area contributed by atoms with E-state index in [0.717, 1.165) is 5.69 Å². The molecule has 0 radical (unpaired) electrons. The zero-order chi connectivity index (χ0) is 17.7. The molecule has 6 heteroatoms. The van der Waals surface area contributed by atoms with Gasteiger partial charge in [-0.25, -0.2) is 0 Å². The molecule has 2 N–H and O–H groups in total. The van der Waals surface area contributed by atoms with Crippen LogP contribution >= 0.6 is 0 Å². The molecule has 24 heavy (non-hydrogen) atoms. The number of hydrogen-bond acceptors (Lipinski definition) is 4. The number of aromatic nitrogens is 1. The summed E-state index contributed by atoms with van der Waals surface area (Å²) in [6.45, 7) is 4.98. The third kappa shape index (κ3) is 4.55. The van der Waals surface area contributed by atoms with Gasteiger partial charge in [-0.15, -0.1) is 0 Å². The SMILES string of the molecule is CC(=O)c1cccc(O[C@H](C)C(=O)NCc2ccc(C)[nH]c2=O)c1. The second-order valence-corrected chi connectivity index (χ2v) is 5.56. The van der Waals surface area contributed by atoms with Crippen LogP contribution in [0.15, 0.2) is 41.2 Å². The number of ketones is 1. The van der Waals surface area contributed by atoms with Crippen LogP contribution in [0.25, 0.3) is 0 Å². The van der Waals surface area contributed by atoms with Crippen molar-refractivity contribution in [2.75, 3.05) is 0 Å². The van der Waals surface area contributed by atoms with E-state index in [-0.39, 0.29) is 23.8 Å². The predicted molar refractivity (Wildman–Crippen MR) is 90.2 cm³/mol. The lowest BCUT2D eigenvalue weighted by Crippen LogP contribution is -2.37. The summed E-state index contributed by atoms with van der Waals surface area (Å²) in [5.74, 6) is 0.0258. The molecule has 0 aliphatic carbocycles. The summed E-state index contributed by atoms with van der Waals surface area (Å²) in [7, 11) is 0. The minimum atomic E-state index is -0.753. The standard InChI is InChI=1S/C18H20N2O4/c1-11-7-8-15(18(23)20-11)10-19-17(22)13(3)24-16-6-4-5-14(9-16)12(2)21/h4-9,13H,10H2,1-3H3,(H,19,22)(H,20,23)/t13-/m1/s1. The van der Waals surface area contributed by atoms with Gasteiger partial charge in [-0.2, -0.15) is 0 Å². The van der Waals surface area contributed by atoms with Crippen molar-refractivity contribution in [3.05, 3.63) is 63.6 Å². The number of carbonyl (C=O) groups excluding carboxylic acids is 2. The first kappa shape index (κ1) is 17.5. The molecule has 2 aromatic rings. The molecule has 0 saturated heterocycles. The maximum Gasteiger partial charge on any atom is 0.261 e. The van der Waals surface area contributed by atoms with Gasteiger partial charge in [-0.05, 0) is 39.0 Å². The fourth-order valence-corrected chi connectivity index (χ4v) is 2.11. The summed E-state index contributed by atoms with van der Waals surface area (Å²) in [5.41, 5.74) is 1.53. The lowest BCUT2D eigenvalue weighted by atomic mass is 10.1. The molecule has 0 unspecified atom stereocenters. The van der Waals surface area contributed by atoms with Crippen molar-refractivity contribution in [2.24, 2.45) is 0 Å². The Labute approximate surface area is 139 Å². The smallest absolute Gasteiger partial charge is 0.261 e. The van der Waals surface area contributed by atoms with E-state index in [4.69, 9.17) is 4.74 Å². The Morgan fingerprint density at radius 2 is 2.00 bits per heavy atom. The molecule has 1 amide bonds. The fourth-order valence-electron chi connectivity index (χ4n) is 2.11. The number of hydrogen-bond donors (Lipinski definition) is 2. The van der Waals surface area contributed by atoms with Crippen molar-refractivity contribution < 1.29 is 14.3 Å². The Morgan fingerprint density at radius 3 is 2.67 bits per heavy atom. The van der Waals surface area contributed by atoms with E-state index in [0.29, 0.717) is 16.9 Å². The zero-order valence-corrected chi connectivity index (χ0v) is 13.9. The highest BCUT2D eigenvalue weighted by Crippen LogP contribution is 2.15. The van der Waals surface area contributed by atoms with E-state index in [2.05, 4.69) is 10.3 Å². The summed E-state index contributed by atoms with van der Waals surface area (Å²) < 4.78 is 5.55. The van der Waals surface area contributed by atoms with Crippen LogP contribution in [0.5, 0.6) is 5.75 Å². The zero-order valence-electron chi connectivity index (χ0n) is 13.9. The summed E-state index contributed by atoms with van der Waals surface area (Å²) in [5, 5.41) is 2.67. The van der Waals surface area contributed by atoms with E-state index in [1.807, 2.05) is 0 Å². The van der Waals surface area contributed by atoms with E-state index in [1.165, 1.54) is 6.92 Å². The maximum absolute atomic E-state index is 12.1. The van der Waals surface area contributed by atoms with Crippen molar-refractivity contribution in [2.45, 2.75) is 33.4 Å². The number of ether oxygens (including phenoxy) is 1. The van der Waals surface area contributed by atoms with E-state index < -0.39 is 6.10 Å². The van der Waals surface area contributed by atoms with E-state index >= 15 is 0 Å². The van der Waals surface area contributed by atoms with Crippen LogP contribution in [-0.4, -0.2) is 22.8 Å². The lowest BCUT2D eigenvalue weighted by molar-refractivity contribution is -0.127. The van der Waals surface area contributed by atoms with Gasteiger partial charge in [-0.1, -0.05) is 18.2 Å². The van der Waals surface area contributed by atoms with Gasteiger partial charge in [0.15, 0.2) is 11.9 Å². The normalized spacial score (nSPS) is 11.6. The third-order valence-electron chi connectivity index (χ3n) is 3.51. The van der Waals surface area contributed by atoms with Crippen molar-refractivity contribution in [1.29, 1.82) is 0 Å². The van der Waals surface area contributed by atoms with Gasteiger partial charge >= 0.3 is 0 Å². The molecule has 1 atom stereocenters. The highest BCUT2D eigenvalue weighted by atomic mass is 16.5. The molecule has 1 heterocycles. The molecule has 1 aromatic carbocycles. The van der Waals surface area contributed by atoms with Crippen molar-refractivity contribution in [3.63, 3.8) is 0 Å². The van der Waals surface area contributed by atoms with Crippen molar-refractivity contribution in [1.82, 2.24) is 10.3 Å². The molecule has 6 nitrogen and oxygen atoms in total. The minimum Gasteiger partial charge on any atom is -0.481 e. The Hall–Kier alpha value is -2.89. The Morgan fingerprint density at radius 1 is 1.25 bits per heavy atom. The minimum absolute atomic E-state index is 0.0730. The number of rotatable bonds is 6. The van der Waals surface area contributed by atoms with Gasteiger partial charge in [-0.3, -0.25) is 14.4 Å². The van der Waals surface area contributed by atoms with Crippen LogP contribution < -0.4 is 15.6 Å². The number of Topliss-reactive ketones (excluding diaryl/α,β-unsaturated/α-hetero) is 1. The number of nitrogens with one attached hydrogen (secondary N) is 2. The molecule has 0 bridgehead atoms. The Bertz CT molecular complexity index is 811. The number of aryl methyl sites for hydroxylation is 1. The van der Waals surface area contributed by atoms with Gasteiger partial charge < -0.3 is 15.0 Å². The Kier molecular flexibility index (Phi) is 5.52. The van der Waals surface area contributed by atoms with Gasteiger partial charge in [0.25, 0.3) is 11.5 Å². The summed E-state index contributed by atoms with van der Waals surface area (Å²) >= 11 is 0. The average Bonchev–Trinajstić information content (AvgIpc) is 2.54. The summed E-state index contributed by atoms with van der Waals surface area (Å²) in [6.07, 6.45) is -0.753. The second-order valence-electron chi connectivity index (χ2n) is 5.56.